The molecule has 0 spiro atoms. The van der Waals surface area contributed by atoms with E-state index in [9.17, 15) is 9.90 Å². The molecule has 0 aromatic heterocycles. The lowest BCUT2D eigenvalue weighted by atomic mass is 9.50. The van der Waals surface area contributed by atoms with E-state index < -0.39 is 5.60 Å². The van der Waals surface area contributed by atoms with Gasteiger partial charge in [-0.05, 0) is 61.9 Å². The molecule has 4 aliphatic carbocycles. The van der Waals surface area contributed by atoms with Gasteiger partial charge in [-0.2, -0.15) is 5.26 Å². The highest BCUT2D eigenvalue weighted by molar-refractivity contribution is 5.91. The first kappa shape index (κ1) is 15.1. The number of carbonyl (C=O) groups is 1. The number of fused-ring (bicyclic) bond motifs is 5. The van der Waals surface area contributed by atoms with Gasteiger partial charge in [0.25, 0.3) is 0 Å². The maximum absolute atomic E-state index is 11.7. The lowest BCUT2D eigenvalue weighted by Gasteiger charge is -2.55. The van der Waals surface area contributed by atoms with Crippen molar-refractivity contribution in [1.29, 1.82) is 5.26 Å². The van der Waals surface area contributed by atoms with Crippen LogP contribution in [0.5, 0.6) is 0 Å². The fourth-order valence-corrected chi connectivity index (χ4v) is 6.12. The van der Waals surface area contributed by atoms with Crippen LogP contribution in [0.4, 0.5) is 0 Å². The first-order valence-corrected chi connectivity index (χ1v) is 9.00. The van der Waals surface area contributed by atoms with Crippen molar-refractivity contribution in [3.8, 4) is 6.07 Å². The molecule has 0 unspecified atom stereocenters. The molecule has 0 amide bonds. The Morgan fingerprint density at radius 3 is 2.91 bits per heavy atom. The fraction of sp³-hybridized carbons (Fsp3) is 0.700. The summed E-state index contributed by atoms with van der Waals surface area (Å²) in [4.78, 5) is 11.7. The molecule has 0 radical (unpaired) electrons. The average Bonchev–Trinajstić information content (AvgIpc) is 2.79. The summed E-state index contributed by atoms with van der Waals surface area (Å²) in [6.45, 7) is 2.18. The number of hydrogen-bond donors (Lipinski definition) is 1. The predicted octanol–water partition coefficient (Wildman–Crippen LogP) is 3.55. The van der Waals surface area contributed by atoms with Crippen molar-refractivity contribution in [1.82, 2.24) is 0 Å². The Labute approximate surface area is 138 Å². The van der Waals surface area contributed by atoms with Crippen molar-refractivity contribution in [2.24, 2.45) is 29.1 Å². The second-order valence-corrected chi connectivity index (χ2v) is 8.30. The Balaban J connectivity index is 1.64. The van der Waals surface area contributed by atoms with E-state index in [1.807, 2.05) is 12.2 Å². The van der Waals surface area contributed by atoms with Crippen molar-refractivity contribution in [3.63, 3.8) is 0 Å². The monoisotopic (exact) mass is 311 g/mol. The van der Waals surface area contributed by atoms with Crippen LogP contribution in [0.3, 0.4) is 0 Å². The molecule has 0 heterocycles. The van der Waals surface area contributed by atoms with Gasteiger partial charge in [-0.15, -0.1) is 0 Å². The van der Waals surface area contributed by atoms with Crippen LogP contribution in [0.25, 0.3) is 0 Å². The lowest BCUT2D eigenvalue weighted by Crippen LogP contribution is -2.53. The molecule has 4 aliphatic rings. The van der Waals surface area contributed by atoms with E-state index in [0.29, 0.717) is 35.9 Å². The molecule has 0 bridgehead atoms. The van der Waals surface area contributed by atoms with Crippen LogP contribution in [-0.4, -0.2) is 16.5 Å². The summed E-state index contributed by atoms with van der Waals surface area (Å²) in [6, 6.07) is 2.18. The molecule has 3 nitrogen and oxygen atoms in total. The van der Waals surface area contributed by atoms with E-state index in [-0.39, 0.29) is 11.8 Å². The van der Waals surface area contributed by atoms with Gasteiger partial charge < -0.3 is 5.11 Å². The maximum atomic E-state index is 11.7. The van der Waals surface area contributed by atoms with Crippen molar-refractivity contribution in [2.45, 2.75) is 57.5 Å². The first-order valence-electron chi connectivity index (χ1n) is 9.00. The SMILES string of the molecule is C[C@]12CC[C@H]3[C@@H](CCC4=CC(=O)CC[C@@H]43)[C@@H]1C=C[C@@]2(O)CC#N. The standard InChI is InChI=1S/C20H25NO2/c1-19-8-6-16-15-5-3-14(22)12-13(15)2-4-17(16)18(19)7-9-20(19,23)10-11-21/h7,9,12,15-18,23H,2-6,8,10H2,1H3/t15-,16+,17+,18-,19-,20+/m0/s1. The highest BCUT2D eigenvalue weighted by atomic mass is 16.3. The van der Waals surface area contributed by atoms with Crippen LogP contribution in [-0.2, 0) is 4.79 Å². The van der Waals surface area contributed by atoms with Crippen molar-refractivity contribution in [3.05, 3.63) is 23.8 Å². The summed E-state index contributed by atoms with van der Waals surface area (Å²) in [5, 5.41) is 20.2. The highest BCUT2D eigenvalue weighted by Gasteiger charge is 2.59. The molecule has 23 heavy (non-hydrogen) atoms. The molecule has 3 heteroatoms. The van der Waals surface area contributed by atoms with Crippen LogP contribution in [0.2, 0.25) is 0 Å². The quantitative estimate of drug-likeness (QED) is 0.753. The second kappa shape index (κ2) is 5.05. The van der Waals surface area contributed by atoms with Gasteiger partial charge >= 0.3 is 0 Å². The third kappa shape index (κ3) is 2.01. The number of hydrogen-bond acceptors (Lipinski definition) is 3. The van der Waals surface area contributed by atoms with Crippen molar-refractivity contribution in [2.75, 3.05) is 0 Å². The minimum Gasteiger partial charge on any atom is -0.384 e. The molecular formula is C20H25NO2. The van der Waals surface area contributed by atoms with Gasteiger partial charge in [0, 0.05) is 11.8 Å². The molecule has 1 N–H and O–H groups in total. The molecule has 0 aromatic carbocycles. The largest absolute Gasteiger partial charge is 0.384 e. The minimum atomic E-state index is -0.962. The van der Waals surface area contributed by atoms with E-state index in [0.717, 1.165) is 32.1 Å². The number of allylic oxidation sites excluding steroid dienone is 3. The Hall–Kier alpha value is -1.40. The highest BCUT2D eigenvalue weighted by Crippen LogP contribution is 2.63. The van der Waals surface area contributed by atoms with E-state index in [4.69, 9.17) is 5.26 Å². The van der Waals surface area contributed by atoms with Crippen LogP contribution in [0.15, 0.2) is 23.8 Å². The predicted molar refractivity (Wildman–Crippen MR) is 87.2 cm³/mol. The molecule has 122 valence electrons. The lowest BCUT2D eigenvalue weighted by molar-refractivity contribution is -0.117. The summed E-state index contributed by atoms with van der Waals surface area (Å²) >= 11 is 0. The maximum Gasteiger partial charge on any atom is 0.155 e. The molecule has 2 saturated carbocycles. The Bertz CT molecular complexity index is 643. The average molecular weight is 311 g/mol. The molecule has 0 saturated heterocycles. The minimum absolute atomic E-state index is 0.191. The molecule has 2 fully saturated rings. The van der Waals surface area contributed by atoms with Gasteiger partial charge in [0.1, 0.15) is 5.60 Å². The van der Waals surface area contributed by atoms with Gasteiger partial charge in [0.2, 0.25) is 0 Å². The molecule has 0 aromatic rings. The summed E-state index contributed by atoms with van der Waals surface area (Å²) < 4.78 is 0. The van der Waals surface area contributed by atoms with Crippen LogP contribution >= 0.6 is 0 Å². The molecule has 6 atom stereocenters. The second-order valence-electron chi connectivity index (χ2n) is 8.30. The zero-order valence-electron chi connectivity index (χ0n) is 13.8. The van der Waals surface area contributed by atoms with Crippen LogP contribution < -0.4 is 0 Å². The Morgan fingerprint density at radius 2 is 2.13 bits per heavy atom. The molecule has 4 rings (SSSR count). The fourth-order valence-electron chi connectivity index (χ4n) is 6.12. The number of aliphatic hydroxyl groups is 1. The third-order valence-electron chi connectivity index (χ3n) is 7.47. The normalized spacial score (nSPS) is 48.0. The third-order valence-corrected chi connectivity index (χ3v) is 7.47. The van der Waals surface area contributed by atoms with E-state index in [1.54, 1.807) is 0 Å². The van der Waals surface area contributed by atoms with Crippen LogP contribution in [0.1, 0.15) is 51.9 Å². The zero-order valence-corrected chi connectivity index (χ0v) is 13.8. The number of ketones is 1. The number of rotatable bonds is 1. The van der Waals surface area contributed by atoms with Crippen molar-refractivity contribution >= 4 is 5.78 Å². The van der Waals surface area contributed by atoms with Gasteiger partial charge in [0.15, 0.2) is 5.78 Å². The van der Waals surface area contributed by atoms with E-state index in [1.165, 1.54) is 5.57 Å². The van der Waals surface area contributed by atoms with E-state index in [2.05, 4.69) is 19.1 Å². The number of nitriles is 1. The van der Waals surface area contributed by atoms with Gasteiger partial charge in [0.05, 0.1) is 12.5 Å². The Morgan fingerprint density at radius 1 is 1.30 bits per heavy atom. The summed E-state index contributed by atoms with van der Waals surface area (Å²) in [6.07, 6.45) is 12.2. The number of nitrogens with zero attached hydrogens (tertiary/aromatic N) is 1. The first-order chi connectivity index (χ1) is 11.0. The summed E-state index contributed by atoms with van der Waals surface area (Å²) in [5.74, 6) is 2.50. The summed E-state index contributed by atoms with van der Waals surface area (Å²) in [5.41, 5.74) is 0.228. The topological polar surface area (TPSA) is 61.1 Å². The van der Waals surface area contributed by atoms with Gasteiger partial charge in [-0.3, -0.25) is 4.79 Å². The van der Waals surface area contributed by atoms with Crippen LogP contribution in [0, 0.1) is 40.4 Å². The Kier molecular flexibility index (Phi) is 3.32. The van der Waals surface area contributed by atoms with Gasteiger partial charge in [-0.1, -0.05) is 24.6 Å². The summed E-state index contributed by atoms with van der Waals surface area (Å²) in [7, 11) is 0. The van der Waals surface area contributed by atoms with E-state index >= 15 is 0 Å². The zero-order chi connectivity index (χ0) is 16.2. The number of carbonyl (C=O) groups excluding carboxylic acids is 1. The molecule has 0 aliphatic heterocycles. The smallest absolute Gasteiger partial charge is 0.155 e. The molecular weight excluding hydrogens is 286 g/mol. The van der Waals surface area contributed by atoms with Gasteiger partial charge in [-0.25, -0.2) is 0 Å². The van der Waals surface area contributed by atoms with Crippen molar-refractivity contribution < 1.29 is 9.90 Å².